The van der Waals surface area contributed by atoms with Crippen LogP contribution in [0, 0.1) is 6.92 Å². The zero-order valence-electron chi connectivity index (χ0n) is 11.5. The van der Waals surface area contributed by atoms with Crippen LogP contribution in [0.1, 0.15) is 23.5 Å². The Bertz CT molecular complexity index is 637. The number of carbonyl (C=O) groups is 1. The zero-order chi connectivity index (χ0) is 14.1. The molecule has 1 amide bonds. The van der Waals surface area contributed by atoms with E-state index in [0.29, 0.717) is 12.1 Å². The lowest BCUT2D eigenvalue weighted by Gasteiger charge is -2.19. The van der Waals surface area contributed by atoms with Crippen molar-refractivity contribution in [2.75, 3.05) is 17.2 Å². The molecule has 0 aliphatic carbocycles. The Morgan fingerprint density at radius 1 is 1.15 bits per heavy atom. The molecule has 0 spiro atoms. The van der Waals surface area contributed by atoms with E-state index in [0.717, 1.165) is 17.8 Å². The summed E-state index contributed by atoms with van der Waals surface area (Å²) in [6, 6.07) is 16.0. The minimum atomic E-state index is 0.174. The van der Waals surface area contributed by atoms with Crippen LogP contribution in [0.3, 0.4) is 0 Å². The standard InChI is InChI=1S/C17H18N2O/c1-12-7-8-15(18)10-16(12)19-11-14(9-17(19)20)13-5-3-2-4-6-13/h2-8,10,14H,9,11,18H2,1H3. The lowest BCUT2D eigenvalue weighted by Crippen LogP contribution is -2.25. The predicted octanol–water partition coefficient (Wildman–Crippen LogP) is 3.10. The Kier molecular flexibility index (Phi) is 3.18. The number of nitrogens with zero attached hydrogens (tertiary/aromatic N) is 1. The number of amides is 1. The molecule has 1 fully saturated rings. The number of rotatable bonds is 2. The molecule has 1 aliphatic rings. The second-order valence-corrected chi connectivity index (χ2v) is 5.36. The lowest BCUT2D eigenvalue weighted by molar-refractivity contribution is -0.117. The monoisotopic (exact) mass is 266 g/mol. The van der Waals surface area contributed by atoms with E-state index in [-0.39, 0.29) is 11.8 Å². The SMILES string of the molecule is Cc1ccc(N)cc1N1CC(c2ccccc2)CC1=O. The average Bonchev–Trinajstić information content (AvgIpc) is 2.84. The fraction of sp³-hybridized carbons (Fsp3) is 0.235. The van der Waals surface area contributed by atoms with Gasteiger partial charge in [-0.15, -0.1) is 0 Å². The highest BCUT2D eigenvalue weighted by Crippen LogP contribution is 2.33. The fourth-order valence-electron chi connectivity index (χ4n) is 2.81. The van der Waals surface area contributed by atoms with E-state index in [9.17, 15) is 4.79 Å². The van der Waals surface area contributed by atoms with Crippen LogP contribution >= 0.6 is 0 Å². The van der Waals surface area contributed by atoms with E-state index in [1.54, 1.807) is 0 Å². The Labute approximate surface area is 119 Å². The smallest absolute Gasteiger partial charge is 0.227 e. The third-order valence-electron chi connectivity index (χ3n) is 3.92. The van der Waals surface area contributed by atoms with Crippen LogP contribution in [0.2, 0.25) is 0 Å². The fourth-order valence-corrected chi connectivity index (χ4v) is 2.81. The largest absolute Gasteiger partial charge is 0.399 e. The van der Waals surface area contributed by atoms with Crippen molar-refractivity contribution in [2.45, 2.75) is 19.3 Å². The molecule has 2 aromatic carbocycles. The molecular formula is C17H18N2O. The number of benzene rings is 2. The maximum Gasteiger partial charge on any atom is 0.227 e. The normalized spacial score (nSPS) is 18.6. The summed E-state index contributed by atoms with van der Waals surface area (Å²) in [4.78, 5) is 14.2. The van der Waals surface area contributed by atoms with Crippen LogP contribution in [0.5, 0.6) is 0 Å². The van der Waals surface area contributed by atoms with Crippen LogP contribution < -0.4 is 10.6 Å². The van der Waals surface area contributed by atoms with Crippen LogP contribution in [0.25, 0.3) is 0 Å². The van der Waals surface area contributed by atoms with Gasteiger partial charge in [0.1, 0.15) is 0 Å². The quantitative estimate of drug-likeness (QED) is 0.849. The van der Waals surface area contributed by atoms with Gasteiger partial charge in [-0.05, 0) is 30.2 Å². The molecule has 0 saturated carbocycles. The van der Waals surface area contributed by atoms with Crippen LogP contribution in [0.4, 0.5) is 11.4 Å². The lowest BCUT2D eigenvalue weighted by atomic mass is 9.98. The van der Waals surface area contributed by atoms with Gasteiger partial charge in [-0.25, -0.2) is 0 Å². The van der Waals surface area contributed by atoms with Gasteiger partial charge < -0.3 is 10.6 Å². The summed E-state index contributed by atoms with van der Waals surface area (Å²) in [6.07, 6.45) is 0.568. The van der Waals surface area contributed by atoms with Gasteiger partial charge in [0.05, 0.1) is 0 Å². The van der Waals surface area contributed by atoms with Crippen LogP contribution in [-0.2, 0) is 4.79 Å². The van der Waals surface area contributed by atoms with Gasteiger partial charge >= 0.3 is 0 Å². The molecule has 3 rings (SSSR count). The van der Waals surface area contributed by atoms with Gasteiger partial charge in [0, 0.05) is 30.3 Å². The first-order valence-corrected chi connectivity index (χ1v) is 6.86. The van der Waals surface area contributed by atoms with E-state index in [1.807, 2.05) is 48.2 Å². The molecule has 2 aromatic rings. The summed E-state index contributed by atoms with van der Waals surface area (Å²) >= 11 is 0. The zero-order valence-corrected chi connectivity index (χ0v) is 11.5. The summed E-state index contributed by atoms with van der Waals surface area (Å²) in [5, 5.41) is 0. The Morgan fingerprint density at radius 2 is 1.90 bits per heavy atom. The average molecular weight is 266 g/mol. The topological polar surface area (TPSA) is 46.3 Å². The molecule has 1 heterocycles. The van der Waals surface area contributed by atoms with E-state index in [1.165, 1.54) is 5.56 Å². The minimum absolute atomic E-state index is 0.174. The number of carbonyl (C=O) groups excluding carboxylic acids is 1. The Morgan fingerprint density at radius 3 is 2.65 bits per heavy atom. The predicted molar refractivity (Wildman–Crippen MR) is 81.7 cm³/mol. The molecule has 2 N–H and O–H groups in total. The van der Waals surface area contributed by atoms with Crippen molar-refractivity contribution in [3.63, 3.8) is 0 Å². The summed E-state index contributed by atoms with van der Waals surface area (Å²) in [5.41, 5.74) is 9.79. The van der Waals surface area contributed by atoms with Crippen molar-refractivity contribution in [1.29, 1.82) is 0 Å². The van der Waals surface area contributed by atoms with Crippen LogP contribution in [0.15, 0.2) is 48.5 Å². The van der Waals surface area contributed by atoms with Crippen molar-refractivity contribution >= 4 is 17.3 Å². The van der Waals surface area contributed by atoms with Crippen molar-refractivity contribution in [3.8, 4) is 0 Å². The number of aryl methyl sites for hydroxylation is 1. The van der Waals surface area contributed by atoms with E-state index in [4.69, 9.17) is 5.73 Å². The minimum Gasteiger partial charge on any atom is -0.399 e. The van der Waals surface area contributed by atoms with Crippen molar-refractivity contribution in [1.82, 2.24) is 0 Å². The van der Waals surface area contributed by atoms with Gasteiger partial charge in [0.15, 0.2) is 0 Å². The molecule has 102 valence electrons. The summed E-state index contributed by atoms with van der Waals surface area (Å²) in [5.74, 6) is 0.442. The molecule has 1 saturated heterocycles. The highest BCUT2D eigenvalue weighted by atomic mass is 16.2. The number of anilines is 2. The Hall–Kier alpha value is -2.29. The van der Waals surface area contributed by atoms with E-state index in [2.05, 4.69) is 12.1 Å². The second-order valence-electron chi connectivity index (χ2n) is 5.36. The summed E-state index contributed by atoms with van der Waals surface area (Å²) < 4.78 is 0. The molecule has 3 nitrogen and oxygen atoms in total. The second kappa shape index (κ2) is 5.00. The molecular weight excluding hydrogens is 248 g/mol. The molecule has 1 atom stereocenters. The number of nitrogen functional groups attached to an aromatic ring is 1. The van der Waals surface area contributed by atoms with Gasteiger partial charge in [-0.3, -0.25) is 4.79 Å². The molecule has 1 aliphatic heterocycles. The summed E-state index contributed by atoms with van der Waals surface area (Å²) in [7, 11) is 0. The van der Waals surface area contributed by atoms with Gasteiger partial charge in [0.25, 0.3) is 0 Å². The van der Waals surface area contributed by atoms with Gasteiger partial charge in [-0.2, -0.15) is 0 Å². The number of hydrogen-bond donors (Lipinski definition) is 1. The van der Waals surface area contributed by atoms with Gasteiger partial charge in [-0.1, -0.05) is 36.4 Å². The molecule has 20 heavy (non-hydrogen) atoms. The van der Waals surface area contributed by atoms with Crippen molar-refractivity contribution in [3.05, 3.63) is 59.7 Å². The highest BCUT2D eigenvalue weighted by Gasteiger charge is 2.32. The highest BCUT2D eigenvalue weighted by molar-refractivity contribution is 5.97. The number of hydrogen-bond acceptors (Lipinski definition) is 2. The maximum absolute atomic E-state index is 12.3. The first-order chi connectivity index (χ1) is 9.65. The molecule has 0 bridgehead atoms. The third-order valence-corrected chi connectivity index (χ3v) is 3.92. The summed E-state index contributed by atoms with van der Waals surface area (Å²) in [6.45, 7) is 2.74. The molecule has 0 aromatic heterocycles. The maximum atomic E-state index is 12.3. The van der Waals surface area contributed by atoms with Crippen molar-refractivity contribution in [2.24, 2.45) is 0 Å². The first-order valence-electron chi connectivity index (χ1n) is 6.86. The van der Waals surface area contributed by atoms with Gasteiger partial charge in [0.2, 0.25) is 5.91 Å². The van der Waals surface area contributed by atoms with E-state index >= 15 is 0 Å². The third kappa shape index (κ3) is 2.27. The Balaban J connectivity index is 1.89. The molecule has 1 unspecified atom stereocenters. The molecule has 3 heteroatoms. The van der Waals surface area contributed by atoms with E-state index < -0.39 is 0 Å². The van der Waals surface area contributed by atoms with Crippen molar-refractivity contribution < 1.29 is 4.79 Å². The molecule has 0 radical (unpaired) electrons. The van der Waals surface area contributed by atoms with Crippen LogP contribution in [-0.4, -0.2) is 12.5 Å². The number of nitrogens with two attached hydrogens (primary N) is 1. The first kappa shape index (κ1) is 12.7.